The first-order valence-electron chi connectivity index (χ1n) is 25.5. The van der Waals surface area contributed by atoms with Gasteiger partial charge in [-0.3, -0.25) is 43.2 Å². The molecule has 12 unspecified atom stereocenters. The van der Waals surface area contributed by atoms with Crippen LogP contribution in [0.3, 0.4) is 0 Å². The molecule has 20 nitrogen and oxygen atoms in total. The van der Waals surface area contributed by atoms with Crippen LogP contribution in [0.2, 0.25) is 0 Å². The Morgan fingerprint density at radius 1 is 0.479 bits per heavy atom. The number of carboxylic acid groups (broad SMARTS) is 1. The van der Waals surface area contributed by atoms with E-state index in [0.717, 1.165) is 5.56 Å². The molecule has 13 N–H and O–H groups in total. The van der Waals surface area contributed by atoms with Crippen molar-refractivity contribution in [3.05, 3.63) is 35.9 Å². The van der Waals surface area contributed by atoms with Gasteiger partial charge >= 0.3 is 5.97 Å². The van der Waals surface area contributed by atoms with E-state index < -0.39 is 119 Å². The topological polar surface area (TPSA) is 322 Å². The van der Waals surface area contributed by atoms with E-state index in [4.69, 9.17) is 11.5 Å². The van der Waals surface area contributed by atoms with E-state index in [0.29, 0.717) is 38.6 Å². The lowest BCUT2D eigenvalue weighted by Crippen LogP contribution is -2.62. The molecule has 402 valence electrons. The first kappa shape index (κ1) is 63.4. The van der Waals surface area contributed by atoms with E-state index in [-0.39, 0.29) is 43.4 Å². The Hall–Kier alpha value is -5.63. The Bertz CT molecular complexity index is 1880. The van der Waals surface area contributed by atoms with Gasteiger partial charge in [0.25, 0.3) is 0 Å². The van der Waals surface area contributed by atoms with Crippen molar-refractivity contribution in [3.8, 4) is 0 Å². The van der Waals surface area contributed by atoms with Crippen LogP contribution >= 0.6 is 0 Å². The number of carbonyl (C=O) groups excluding carboxylic acids is 8. The molecule has 1 rings (SSSR count). The molecule has 8 amide bonds. The largest absolute Gasteiger partial charge is 0.480 e. The zero-order valence-corrected chi connectivity index (χ0v) is 44.3. The number of benzene rings is 1. The van der Waals surface area contributed by atoms with Crippen LogP contribution in [-0.4, -0.2) is 119 Å². The molecule has 1 aromatic carbocycles. The average molecular weight is 1000 g/mol. The zero-order valence-electron chi connectivity index (χ0n) is 44.3. The summed E-state index contributed by atoms with van der Waals surface area (Å²) < 4.78 is 0. The van der Waals surface area contributed by atoms with Gasteiger partial charge in [0.05, 0.1) is 6.04 Å². The molecule has 71 heavy (non-hydrogen) atoms. The van der Waals surface area contributed by atoms with Crippen LogP contribution in [0.1, 0.15) is 140 Å². The highest BCUT2D eigenvalue weighted by molar-refractivity contribution is 5.98. The van der Waals surface area contributed by atoms with Crippen molar-refractivity contribution in [1.29, 1.82) is 0 Å². The Morgan fingerprint density at radius 2 is 0.887 bits per heavy atom. The monoisotopic (exact) mass is 1000 g/mol. The van der Waals surface area contributed by atoms with E-state index in [9.17, 15) is 48.3 Å². The van der Waals surface area contributed by atoms with Crippen molar-refractivity contribution >= 4 is 53.2 Å². The summed E-state index contributed by atoms with van der Waals surface area (Å²) in [5.74, 6) is -7.72. The third-order valence-corrected chi connectivity index (χ3v) is 12.8. The fraction of sp³-hybridized carbons (Fsp3) is 0.706. The minimum atomic E-state index is -1.26. The Morgan fingerprint density at radius 3 is 1.34 bits per heavy atom. The van der Waals surface area contributed by atoms with Gasteiger partial charge in [-0.25, -0.2) is 0 Å². The van der Waals surface area contributed by atoms with Gasteiger partial charge in [-0.05, 0) is 87.6 Å². The maximum atomic E-state index is 14.4. The van der Waals surface area contributed by atoms with Gasteiger partial charge in [0.15, 0.2) is 0 Å². The van der Waals surface area contributed by atoms with Gasteiger partial charge in [0, 0.05) is 6.42 Å². The second kappa shape index (κ2) is 32.4. The highest BCUT2D eigenvalue weighted by Crippen LogP contribution is 2.16. The lowest BCUT2D eigenvalue weighted by atomic mass is 9.95. The van der Waals surface area contributed by atoms with E-state index in [1.165, 1.54) is 13.8 Å². The molecule has 20 heteroatoms. The Kier molecular flexibility index (Phi) is 28.9. The molecule has 0 heterocycles. The predicted octanol–water partition coefficient (Wildman–Crippen LogP) is 1.92. The highest BCUT2D eigenvalue weighted by atomic mass is 16.4. The van der Waals surface area contributed by atoms with Gasteiger partial charge in [-0.15, -0.1) is 0 Å². The second-order valence-electron chi connectivity index (χ2n) is 19.9. The van der Waals surface area contributed by atoms with E-state index >= 15 is 0 Å². The highest BCUT2D eigenvalue weighted by Gasteiger charge is 2.37. The van der Waals surface area contributed by atoms with Crippen LogP contribution in [-0.2, 0) is 49.6 Å². The summed E-state index contributed by atoms with van der Waals surface area (Å²) in [4.78, 5) is 122. The number of nitrogens with one attached hydrogen (secondary N) is 8. The fourth-order valence-corrected chi connectivity index (χ4v) is 7.49. The number of aliphatic carboxylic acids is 1. The van der Waals surface area contributed by atoms with Crippen LogP contribution in [0.25, 0.3) is 0 Å². The van der Waals surface area contributed by atoms with Gasteiger partial charge in [-0.2, -0.15) is 0 Å². The summed E-state index contributed by atoms with van der Waals surface area (Å²) in [6.07, 6.45) is 3.07. The quantitative estimate of drug-likeness (QED) is 0.0450. The molecule has 0 aliphatic heterocycles. The molecular weight excluding hydrogens is 913 g/mol. The number of carboxylic acids is 1. The normalized spacial score (nSPS) is 16.5. The van der Waals surface area contributed by atoms with Crippen molar-refractivity contribution in [2.24, 2.45) is 41.1 Å². The first-order valence-corrected chi connectivity index (χ1v) is 25.5. The summed E-state index contributed by atoms with van der Waals surface area (Å²) in [6, 6.07) is -0.976. The molecule has 1 aromatic rings. The van der Waals surface area contributed by atoms with Crippen molar-refractivity contribution in [3.63, 3.8) is 0 Å². The maximum absolute atomic E-state index is 14.4. The maximum Gasteiger partial charge on any atom is 0.325 e. The van der Waals surface area contributed by atoms with Gasteiger partial charge in [0.1, 0.15) is 48.3 Å². The van der Waals surface area contributed by atoms with Crippen molar-refractivity contribution < 1.29 is 48.3 Å². The molecule has 0 aliphatic rings. The SMILES string of the molecule is CCC(C)C(N)C(=O)NC(Cc1ccccc1)C(=O)NC(CC(C)C)C(=O)NC(C(=O)NC(CCCCN)C(=O)NC(C(=O)NC(CC(C)C)C(=O)NC(C)C(=O)NC(C)C(=O)O)C(C)CC)C(C)CC. The lowest BCUT2D eigenvalue weighted by molar-refractivity contribution is -0.141. The summed E-state index contributed by atoms with van der Waals surface area (Å²) in [5.41, 5.74) is 12.8. The summed E-state index contributed by atoms with van der Waals surface area (Å²) in [6.45, 7) is 21.4. The van der Waals surface area contributed by atoms with Crippen LogP contribution in [0.15, 0.2) is 30.3 Å². The predicted molar refractivity (Wildman–Crippen MR) is 273 cm³/mol. The second-order valence-corrected chi connectivity index (χ2v) is 19.9. The average Bonchev–Trinajstić information content (AvgIpc) is 3.32. The minimum Gasteiger partial charge on any atom is -0.480 e. The number of rotatable bonds is 33. The molecule has 0 radical (unpaired) electrons. The molecule has 0 spiro atoms. The molecule has 0 saturated heterocycles. The van der Waals surface area contributed by atoms with E-state index in [2.05, 4.69) is 42.5 Å². The van der Waals surface area contributed by atoms with E-state index in [1.54, 1.807) is 13.8 Å². The smallest absolute Gasteiger partial charge is 0.325 e. The third-order valence-electron chi connectivity index (χ3n) is 12.8. The zero-order chi connectivity index (χ0) is 54.1. The molecule has 0 saturated carbocycles. The number of unbranched alkanes of at least 4 members (excludes halogenated alkanes) is 1. The Labute approximate surface area is 421 Å². The van der Waals surface area contributed by atoms with Crippen LogP contribution in [0.4, 0.5) is 0 Å². The molecule has 12 atom stereocenters. The summed E-state index contributed by atoms with van der Waals surface area (Å²) >= 11 is 0. The minimum absolute atomic E-state index is 0.0892. The van der Waals surface area contributed by atoms with E-state index in [1.807, 2.05) is 85.7 Å². The standard InChI is InChI=1S/C51H88N10O10/c1-13-30(8)40(53)48(67)58-39(27-35-21-17-16-18-22-35)46(65)57-38(26-29(6)7)47(66)61-41(31(9)14-2)49(68)56-36(23-19-20-24-52)44(63)60-42(32(10)15-3)50(69)59-37(25-28(4)5)45(64)54-33(11)43(62)55-34(12)51(70)71/h16-18,21-22,28-34,36-42H,13-15,19-20,23-27,52-53H2,1-12H3,(H,54,64)(H,55,62)(H,56,68)(H,57,65)(H,58,67)(H,59,69)(H,60,63)(H,61,66)(H,70,71). The summed E-state index contributed by atoms with van der Waals surface area (Å²) in [5, 5.41) is 30.9. The summed E-state index contributed by atoms with van der Waals surface area (Å²) in [7, 11) is 0. The van der Waals surface area contributed by atoms with Gasteiger partial charge in [-0.1, -0.05) is 119 Å². The van der Waals surface area contributed by atoms with Crippen LogP contribution in [0.5, 0.6) is 0 Å². The van der Waals surface area contributed by atoms with Crippen LogP contribution < -0.4 is 54.0 Å². The molecule has 0 fully saturated rings. The third kappa shape index (κ3) is 22.6. The van der Waals surface area contributed by atoms with Gasteiger partial charge < -0.3 is 59.1 Å². The number of hydrogen-bond acceptors (Lipinski definition) is 11. The fourth-order valence-electron chi connectivity index (χ4n) is 7.49. The number of hydrogen-bond donors (Lipinski definition) is 11. The first-order chi connectivity index (χ1) is 33.3. The van der Waals surface area contributed by atoms with Crippen LogP contribution in [0, 0.1) is 29.6 Å². The molecule has 0 aromatic heterocycles. The number of nitrogens with two attached hydrogens (primary N) is 2. The molecule has 0 bridgehead atoms. The lowest BCUT2D eigenvalue weighted by Gasteiger charge is -2.31. The van der Waals surface area contributed by atoms with Gasteiger partial charge in [0.2, 0.25) is 47.3 Å². The molecular formula is C51H88N10O10. The Balaban J connectivity index is 3.48. The van der Waals surface area contributed by atoms with Crippen molar-refractivity contribution in [1.82, 2.24) is 42.5 Å². The molecule has 0 aliphatic carbocycles. The van der Waals surface area contributed by atoms with Crippen molar-refractivity contribution in [2.75, 3.05) is 6.54 Å². The number of amides is 8. The van der Waals surface area contributed by atoms with Crippen molar-refractivity contribution in [2.45, 2.75) is 195 Å². The number of carbonyl (C=O) groups is 9.